The van der Waals surface area contributed by atoms with Crippen molar-refractivity contribution in [3.05, 3.63) is 0 Å². The van der Waals surface area contributed by atoms with Crippen LogP contribution in [0.15, 0.2) is 0 Å². The molecule has 0 aromatic carbocycles. The molecule has 6 heteroatoms. The van der Waals surface area contributed by atoms with Crippen molar-refractivity contribution >= 4 is 23.7 Å². The molecule has 0 amide bonds. The van der Waals surface area contributed by atoms with Crippen LogP contribution in [0.25, 0.3) is 0 Å². The predicted molar refractivity (Wildman–Crippen MR) is 65.8 cm³/mol. The highest BCUT2D eigenvalue weighted by molar-refractivity contribution is 7.99. The van der Waals surface area contributed by atoms with Crippen LogP contribution >= 0.6 is 11.8 Å². The number of carboxylic acids is 2. The van der Waals surface area contributed by atoms with Crippen molar-refractivity contribution in [3.63, 3.8) is 0 Å². The van der Waals surface area contributed by atoms with E-state index in [1.54, 1.807) is 11.8 Å². The summed E-state index contributed by atoms with van der Waals surface area (Å²) in [6.45, 7) is 3.88. The molecule has 0 saturated carbocycles. The average Bonchev–Trinajstić information content (AvgIpc) is 2.18. The first-order valence-electron chi connectivity index (χ1n) is 5.23. The SMILES string of the molecule is CCCC(=O)O.CCSCCC(N)C(=O)O. The van der Waals surface area contributed by atoms with Crippen molar-refractivity contribution in [1.29, 1.82) is 0 Å². The van der Waals surface area contributed by atoms with Crippen LogP contribution < -0.4 is 5.73 Å². The quantitative estimate of drug-likeness (QED) is 0.591. The lowest BCUT2D eigenvalue weighted by Gasteiger charge is -2.03. The third kappa shape index (κ3) is 15.7. The van der Waals surface area contributed by atoms with Gasteiger partial charge in [-0.05, 0) is 24.3 Å². The minimum Gasteiger partial charge on any atom is -0.481 e. The second-order valence-corrected chi connectivity index (χ2v) is 4.47. The van der Waals surface area contributed by atoms with Crippen LogP contribution in [0.4, 0.5) is 0 Å². The third-order valence-electron chi connectivity index (χ3n) is 1.56. The molecule has 0 spiro atoms. The Morgan fingerprint density at radius 1 is 1.31 bits per heavy atom. The van der Waals surface area contributed by atoms with Gasteiger partial charge in [-0.25, -0.2) is 0 Å². The lowest BCUT2D eigenvalue weighted by molar-refractivity contribution is -0.139. The molecule has 0 aliphatic rings. The first-order valence-corrected chi connectivity index (χ1v) is 6.39. The zero-order valence-corrected chi connectivity index (χ0v) is 10.6. The molecule has 4 N–H and O–H groups in total. The van der Waals surface area contributed by atoms with Crippen molar-refractivity contribution in [2.75, 3.05) is 11.5 Å². The number of hydrogen-bond donors (Lipinski definition) is 3. The van der Waals surface area contributed by atoms with Gasteiger partial charge in [-0.15, -0.1) is 0 Å². The molecule has 0 aromatic rings. The maximum absolute atomic E-state index is 10.2. The van der Waals surface area contributed by atoms with E-state index in [2.05, 4.69) is 0 Å². The molecule has 0 radical (unpaired) electrons. The topological polar surface area (TPSA) is 101 Å². The fourth-order valence-corrected chi connectivity index (χ4v) is 1.40. The van der Waals surface area contributed by atoms with Gasteiger partial charge in [0, 0.05) is 6.42 Å². The summed E-state index contributed by atoms with van der Waals surface area (Å²) in [5, 5.41) is 16.3. The molecular weight excluding hydrogens is 230 g/mol. The summed E-state index contributed by atoms with van der Waals surface area (Å²) in [6.07, 6.45) is 1.59. The Morgan fingerprint density at radius 3 is 2.12 bits per heavy atom. The summed E-state index contributed by atoms with van der Waals surface area (Å²) in [4.78, 5) is 19.8. The Labute approximate surface area is 100 Å². The highest BCUT2D eigenvalue weighted by atomic mass is 32.2. The average molecular weight is 251 g/mol. The van der Waals surface area contributed by atoms with Gasteiger partial charge in [0.25, 0.3) is 0 Å². The minimum atomic E-state index is -0.906. The zero-order chi connectivity index (χ0) is 13.0. The molecule has 1 unspecified atom stereocenters. The Kier molecular flexibility index (Phi) is 13.6. The third-order valence-corrected chi connectivity index (χ3v) is 2.49. The van der Waals surface area contributed by atoms with Gasteiger partial charge in [0.05, 0.1) is 0 Å². The Morgan fingerprint density at radius 2 is 1.88 bits per heavy atom. The number of nitrogens with two attached hydrogens (primary N) is 1. The Balaban J connectivity index is 0. The van der Waals surface area contributed by atoms with E-state index in [0.717, 1.165) is 17.9 Å². The van der Waals surface area contributed by atoms with E-state index in [0.29, 0.717) is 12.8 Å². The number of carbonyl (C=O) groups is 2. The van der Waals surface area contributed by atoms with Crippen LogP contribution in [0.5, 0.6) is 0 Å². The fourth-order valence-electron chi connectivity index (χ4n) is 0.692. The van der Waals surface area contributed by atoms with E-state index in [4.69, 9.17) is 15.9 Å². The van der Waals surface area contributed by atoms with E-state index in [-0.39, 0.29) is 0 Å². The normalized spacial score (nSPS) is 11.2. The Hall–Kier alpha value is -0.750. The number of carboxylic acid groups (broad SMARTS) is 2. The molecule has 96 valence electrons. The van der Waals surface area contributed by atoms with E-state index in [9.17, 15) is 9.59 Å². The molecule has 1 atom stereocenters. The van der Waals surface area contributed by atoms with Gasteiger partial charge in [0.1, 0.15) is 6.04 Å². The maximum atomic E-state index is 10.2. The van der Waals surface area contributed by atoms with Gasteiger partial charge >= 0.3 is 11.9 Å². The van der Waals surface area contributed by atoms with Crippen molar-refractivity contribution in [2.45, 2.75) is 39.2 Å². The molecule has 0 heterocycles. The van der Waals surface area contributed by atoms with Gasteiger partial charge in [-0.3, -0.25) is 9.59 Å². The van der Waals surface area contributed by atoms with Crippen molar-refractivity contribution < 1.29 is 19.8 Å². The lowest BCUT2D eigenvalue weighted by Crippen LogP contribution is -2.30. The van der Waals surface area contributed by atoms with Crippen LogP contribution in [0.2, 0.25) is 0 Å². The summed E-state index contributed by atoms with van der Waals surface area (Å²) >= 11 is 1.71. The molecule has 0 saturated heterocycles. The van der Waals surface area contributed by atoms with E-state index < -0.39 is 18.0 Å². The number of aliphatic carboxylic acids is 2. The predicted octanol–water partition coefficient (Wildman–Crippen LogP) is 1.41. The number of rotatable bonds is 7. The highest BCUT2D eigenvalue weighted by Crippen LogP contribution is 2.02. The summed E-state index contributed by atoms with van der Waals surface area (Å²) in [5.41, 5.74) is 5.24. The van der Waals surface area contributed by atoms with Crippen LogP contribution in [0.1, 0.15) is 33.1 Å². The molecule has 0 aliphatic carbocycles. The van der Waals surface area contributed by atoms with Gasteiger partial charge in [0.2, 0.25) is 0 Å². The smallest absolute Gasteiger partial charge is 0.320 e. The molecule has 16 heavy (non-hydrogen) atoms. The van der Waals surface area contributed by atoms with Gasteiger partial charge in [-0.2, -0.15) is 11.8 Å². The monoisotopic (exact) mass is 251 g/mol. The van der Waals surface area contributed by atoms with E-state index in [1.165, 1.54) is 0 Å². The van der Waals surface area contributed by atoms with E-state index in [1.807, 2.05) is 13.8 Å². The van der Waals surface area contributed by atoms with Crippen LogP contribution in [0, 0.1) is 0 Å². The maximum Gasteiger partial charge on any atom is 0.320 e. The van der Waals surface area contributed by atoms with Crippen LogP contribution in [0.3, 0.4) is 0 Å². The summed E-state index contributed by atoms with van der Waals surface area (Å²) in [5.74, 6) is 0.241. The minimum absolute atomic E-state index is 0.292. The molecule has 0 aromatic heterocycles. The molecule has 0 fully saturated rings. The van der Waals surface area contributed by atoms with Gasteiger partial charge < -0.3 is 15.9 Å². The summed E-state index contributed by atoms with van der Waals surface area (Å²) < 4.78 is 0. The second-order valence-electron chi connectivity index (χ2n) is 3.07. The van der Waals surface area contributed by atoms with Crippen molar-refractivity contribution in [2.24, 2.45) is 5.73 Å². The molecule has 0 bridgehead atoms. The number of hydrogen-bond acceptors (Lipinski definition) is 4. The molecule has 0 rings (SSSR count). The molecule has 5 nitrogen and oxygen atoms in total. The zero-order valence-electron chi connectivity index (χ0n) is 9.81. The standard InChI is InChI=1S/C6H13NO2S.C4H8O2/c1-2-10-4-3-5(7)6(8)9;1-2-3-4(5)6/h5H,2-4,7H2,1H3,(H,8,9);2-3H2,1H3,(H,5,6). The highest BCUT2D eigenvalue weighted by Gasteiger charge is 2.09. The van der Waals surface area contributed by atoms with Crippen molar-refractivity contribution in [1.82, 2.24) is 0 Å². The lowest BCUT2D eigenvalue weighted by atomic mass is 10.2. The molecular formula is C10H21NO4S. The molecule has 0 aliphatic heterocycles. The number of thioether (sulfide) groups is 1. The summed E-state index contributed by atoms with van der Waals surface area (Å²) in [7, 11) is 0. The second kappa shape index (κ2) is 12.3. The largest absolute Gasteiger partial charge is 0.481 e. The van der Waals surface area contributed by atoms with E-state index >= 15 is 0 Å². The Bertz CT molecular complexity index is 199. The van der Waals surface area contributed by atoms with Crippen LogP contribution in [-0.4, -0.2) is 39.7 Å². The van der Waals surface area contributed by atoms with Gasteiger partial charge in [-0.1, -0.05) is 13.8 Å². The summed E-state index contributed by atoms with van der Waals surface area (Å²) in [6, 6.07) is -0.681. The van der Waals surface area contributed by atoms with Crippen LogP contribution in [-0.2, 0) is 9.59 Å². The first-order chi connectivity index (χ1) is 7.45. The fraction of sp³-hybridized carbons (Fsp3) is 0.800. The van der Waals surface area contributed by atoms with Gasteiger partial charge in [0.15, 0.2) is 0 Å². The first kappa shape index (κ1) is 17.6. The van der Waals surface area contributed by atoms with Crippen molar-refractivity contribution in [3.8, 4) is 0 Å².